The van der Waals surface area contributed by atoms with E-state index in [2.05, 4.69) is 5.32 Å². The highest BCUT2D eigenvalue weighted by Crippen LogP contribution is 2.11. The Hall–Kier alpha value is -0.580. The number of carbonyl (C=O) groups excluding carboxylic acids is 1. The van der Waals surface area contributed by atoms with Crippen molar-refractivity contribution < 1.29 is 13.2 Å². The van der Waals surface area contributed by atoms with Crippen LogP contribution in [0.15, 0.2) is 0 Å². The van der Waals surface area contributed by atoms with Gasteiger partial charge < -0.3 is 5.32 Å². The van der Waals surface area contributed by atoms with Crippen LogP contribution in [-0.4, -0.2) is 31.4 Å². The molecule has 0 aliphatic carbocycles. The molecule has 0 saturated carbocycles. The van der Waals surface area contributed by atoms with Gasteiger partial charge in [0.05, 0.1) is 5.75 Å². The zero-order valence-corrected chi connectivity index (χ0v) is 8.02. The fourth-order valence-electron chi connectivity index (χ4n) is 1.17. The number of amides is 1. The Morgan fingerprint density at radius 3 is 2.58 bits per heavy atom. The summed E-state index contributed by atoms with van der Waals surface area (Å²) in [5.74, 6) is -0.288. The molecule has 1 rings (SSSR count). The van der Waals surface area contributed by atoms with E-state index in [0.717, 1.165) is 0 Å². The predicted octanol–water partition coefficient (Wildman–Crippen LogP) is -0.302. The largest absolute Gasteiger partial charge is 0.351 e. The van der Waals surface area contributed by atoms with Crippen molar-refractivity contribution in [3.63, 3.8) is 0 Å². The smallest absolute Gasteiger partial charge is 0.238 e. The van der Waals surface area contributed by atoms with Gasteiger partial charge in [0, 0.05) is 6.04 Å². The van der Waals surface area contributed by atoms with Crippen LogP contribution in [0.1, 0.15) is 20.3 Å². The van der Waals surface area contributed by atoms with Crippen LogP contribution in [0.5, 0.6) is 0 Å². The summed E-state index contributed by atoms with van der Waals surface area (Å²) >= 11 is 0. The van der Waals surface area contributed by atoms with E-state index < -0.39 is 15.1 Å². The van der Waals surface area contributed by atoms with E-state index in [1.165, 1.54) is 6.92 Å². The van der Waals surface area contributed by atoms with Crippen LogP contribution < -0.4 is 5.32 Å². The summed E-state index contributed by atoms with van der Waals surface area (Å²) in [6.45, 7) is 3.28. The van der Waals surface area contributed by atoms with E-state index in [1.807, 2.05) is 6.92 Å². The van der Waals surface area contributed by atoms with Crippen LogP contribution in [0.4, 0.5) is 0 Å². The topological polar surface area (TPSA) is 63.2 Å². The quantitative estimate of drug-likeness (QED) is 0.619. The Bertz CT molecular complexity index is 283. The van der Waals surface area contributed by atoms with Crippen molar-refractivity contribution in [2.75, 3.05) is 5.75 Å². The highest BCUT2D eigenvalue weighted by molar-refractivity contribution is 7.92. The summed E-state index contributed by atoms with van der Waals surface area (Å²) in [7, 11) is -3.18. The normalized spacial score (nSPS) is 34.3. The van der Waals surface area contributed by atoms with Crippen molar-refractivity contribution in [2.24, 2.45) is 0 Å². The van der Waals surface area contributed by atoms with E-state index in [1.54, 1.807) is 0 Å². The first-order chi connectivity index (χ1) is 5.47. The monoisotopic (exact) mass is 191 g/mol. The average molecular weight is 191 g/mol. The third-order valence-electron chi connectivity index (χ3n) is 2.18. The first-order valence-corrected chi connectivity index (χ1v) is 5.71. The maximum absolute atomic E-state index is 11.3. The molecule has 0 aromatic rings. The lowest BCUT2D eigenvalue weighted by Crippen LogP contribution is -2.53. The Balaban J connectivity index is 2.87. The average Bonchev–Trinajstić information content (AvgIpc) is 1.99. The first kappa shape index (κ1) is 9.51. The summed E-state index contributed by atoms with van der Waals surface area (Å²) in [4.78, 5) is 11.1. The second kappa shape index (κ2) is 3.05. The maximum atomic E-state index is 11.3. The molecule has 1 heterocycles. The molecule has 4 nitrogen and oxygen atoms in total. The Kier molecular flexibility index (Phi) is 2.41. The minimum Gasteiger partial charge on any atom is -0.351 e. The zero-order valence-electron chi connectivity index (χ0n) is 7.20. The van der Waals surface area contributed by atoms with Gasteiger partial charge in [-0.15, -0.1) is 0 Å². The highest BCUT2D eigenvalue weighted by atomic mass is 32.2. The molecule has 0 radical (unpaired) electrons. The molecule has 1 aliphatic rings. The highest BCUT2D eigenvalue weighted by Gasteiger charge is 2.36. The molecule has 12 heavy (non-hydrogen) atoms. The van der Waals surface area contributed by atoms with E-state index in [4.69, 9.17) is 0 Å². The lowest BCUT2D eigenvalue weighted by molar-refractivity contribution is -0.121. The van der Waals surface area contributed by atoms with Crippen molar-refractivity contribution in [1.82, 2.24) is 5.32 Å². The van der Waals surface area contributed by atoms with Gasteiger partial charge in [-0.05, 0) is 13.3 Å². The molecule has 70 valence electrons. The molecule has 2 atom stereocenters. The lowest BCUT2D eigenvalue weighted by Gasteiger charge is -2.26. The van der Waals surface area contributed by atoms with Gasteiger partial charge >= 0.3 is 0 Å². The summed E-state index contributed by atoms with van der Waals surface area (Å²) in [6.07, 6.45) is 0.664. The summed E-state index contributed by atoms with van der Waals surface area (Å²) in [6, 6.07) is -0.196. The summed E-state index contributed by atoms with van der Waals surface area (Å²) < 4.78 is 22.6. The van der Waals surface area contributed by atoms with E-state index in [-0.39, 0.29) is 17.7 Å². The fourth-order valence-corrected chi connectivity index (χ4v) is 2.73. The molecule has 1 fully saturated rings. The number of hydrogen-bond donors (Lipinski definition) is 1. The molecule has 1 amide bonds. The molecule has 0 bridgehead atoms. The standard InChI is InChI=1S/C7H13NO3S/c1-3-6-4-12(10,11)5(2)7(9)8-6/h5-6H,3-4H2,1-2H3,(H,8,9). The van der Waals surface area contributed by atoms with Crippen LogP contribution >= 0.6 is 0 Å². The minimum absolute atomic E-state index is 0.0798. The van der Waals surface area contributed by atoms with Gasteiger partial charge in [-0.25, -0.2) is 8.42 Å². The van der Waals surface area contributed by atoms with Crippen LogP contribution in [0.25, 0.3) is 0 Å². The van der Waals surface area contributed by atoms with E-state index in [9.17, 15) is 13.2 Å². The first-order valence-electron chi connectivity index (χ1n) is 3.99. The Morgan fingerprint density at radius 1 is 1.58 bits per heavy atom. The zero-order chi connectivity index (χ0) is 9.35. The van der Waals surface area contributed by atoms with Gasteiger partial charge in [0.1, 0.15) is 5.25 Å². The number of nitrogens with one attached hydrogen (secondary N) is 1. The lowest BCUT2D eigenvalue weighted by atomic mass is 10.2. The number of hydrogen-bond acceptors (Lipinski definition) is 3. The van der Waals surface area contributed by atoms with Crippen molar-refractivity contribution in [1.29, 1.82) is 0 Å². The molecular formula is C7H13NO3S. The molecule has 1 N–H and O–H groups in total. The third kappa shape index (κ3) is 1.60. The van der Waals surface area contributed by atoms with Crippen LogP contribution in [0.3, 0.4) is 0 Å². The predicted molar refractivity (Wildman–Crippen MR) is 45.5 cm³/mol. The van der Waals surface area contributed by atoms with E-state index in [0.29, 0.717) is 6.42 Å². The second-order valence-electron chi connectivity index (χ2n) is 3.09. The molecular weight excluding hydrogens is 178 g/mol. The van der Waals surface area contributed by atoms with Crippen molar-refractivity contribution in [3.8, 4) is 0 Å². The van der Waals surface area contributed by atoms with Gasteiger partial charge in [0.2, 0.25) is 5.91 Å². The molecule has 2 unspecified atom stereocenters. The van der Waals surface area contributed by atoms with Crippen molar-refractivity contribution in [2.45, 2.75) is 31.6 Å². The minimum atomic E-state index is -3.18. The summed E-state index contributed by atoms with van der Waals surface area (Å²) in [5, 5.41) is 1.78. The van der Waals surface area contributed by atoms with Gasteiger partial charge in [0.15, 0.2) is 9.84 Å². The molecule has 0 aromatic heterocycles. The van der Waals surface area contributed by atoms with Gasteiger partial charge in [-0.3, -0.25) is 4.79 Å². The van der Waals surface area contributed by atoms with Crippen molar-refractivity contribution >= 4 is 15.7 Å². The van der Waals surface area contributed by atoms with Crippen LogP contribution in [0.2, 0.25) is 0 Å². The third-order valence-corrected chi connectivity index (χ3v) is 4.34. The number of sulfone groups is 1. The second-order valence-corrected chi connectivity index (χ2v) is 5.45. The number of carbonyl (C=O) groups is 1. The van der Waals surface area contributed by atoms with Crippen molar-refractivity contribution in [3.05, 3.63) is 0 Å². The fraction of sp³-hybridized carbons (Fsp3) is 0.857. The molecule has 5 heteroatoms. The maximum Gasteiger partial charge on any atom is 0.238 e. The number of rotatable bonds is 1. The molecule has 0 spiro atoms. The van der Waals surface area contributed by atoms with E-state index >= 15 is 0 Å². The molecule has 0 aromatic carbocycles. The SMILES string of the molecule is CCC1CS(=O)(=O)C(C)C(=O)N1. The van der Waals surface area contributed by atoms with Gasteiger partial charge in [-0.2, -0.15) is 0 Å². The Morgan fingerprint density at radius 2 is 2.17 bits per heavy atom. The molecule has 1 aliphatic heterocycles. The van der Waals surface area contributed by atoms with Gasteiger partial charge in [0.25, 0.3) is 0 Å². The van der Waals surface area contributed by atoms with Gasteiger partial charge in [-0.1, -0.05) is 6.92 Å². The Labute approximate surface area is 72.3 Å². The van der Waals surface area contributed by atoms with Crippen LogP contribution in [0, 0.1) is 0 Å². The molecule has 1 saturated heterocycles. The summed E-state index contributed by atoms with van der Waals surface area (Å²) in [5.41, 5.74) is 0. The van der Waals surface area contributed by atoms with Crippen LogP contribution in [-0.2, 0) is 14.6 Å².